The zero-order valence-corrected chi connectivity index (χ0v) is 16.8. The zero-order valence-electron chi connectivity index (χ0n) is 16.1. The third-order valence-corrected chi connectivity index (χ3v) is 5.86. The Kier molecular flexibility index (Phi) is 4.82. The molecule has 0 amide bonds. The number of para-hydroxylation sites is 2. The number of halogens is 1. The molecule has 144 valence electrons. The number of aromatic amines is 1. The van der Waals surface area contributed by atoms with Crippen molar-refractivity contribution in [3.05, 3.63) is 101 Å². The average Bonchev–Trinajstić information content (AvgIpc) is 3.38. The molecular formula is C25H22ClN3. The summed E-state index contributed by atoms with van der Waals surface area (Å²) in [6, 6.07) is 27.2. The standard InChI is InChI=1S/C25H22ClN3/c26-20-13-10-18(11-14-20)25-16-21(28-29(25)22-6-2-1-3-7-22)15-12-19-17-27-24-9-5-4-8-23(19)24/h1-11,13-14,17,25,27H,12,15-16H2. The van der Waals surface area contributed by atoms with Crippen LogP contribution in [0.3, 0.4) is 0 Å². The van der Waals surface area contributed by atoms with E-state index >= 15 is 0 Å². The van der Waals surface area contributed by atoms with E-state index in [2.05, 4.69) is 76.9 Å². The molecule has 3 aromatic carbocycles. The van der Waals surface area contributed by atoms with Gasteiger partial charge in [-0.05, 0) is 54.3 Å². The van der Waals surface area contributed by atoms with E-state index in [1.165, 1.54) is 27.7 Å². The van der Waals surface area contributed by atoms with Gasteiger partial charge in [-0.1, -0.05) is 60.1 Å². The van der Waals surface area contributed by atoms with Gasteiger partial charge in [0.1, 0.15) is 0 Å². The first kappa shape index (κ1) is 18.0. The SMILES string of the molecule is Clc1ccc(C2CC(CCc3c[nH]c4ccccc34)=NN2c2ccccc2)cc1. The lowest BCUT2D eigenvalue weighted by Gasteiger charge is -2.24. The van der Waals surface area contributed by atoms with Crippen LogP contribution in [0.25, 0.3) is 10.9 Å². The second-order valence-electron chi connectivity index (χ2n) is 7.48. The predicted octanol–water partition coefficient (Wildman–Crippen LogP) is 6.76. The number of hydrazone groups is 1. The number of aryl methyl sites for hydroxylation is 1. The van der Waals surface area contributed by atoms with Crippen LogP contribution in [0, 0.1) is 0 Å². The topological polar surface area (TPSA) is 31.4 Å². The van der Waals surface area contributed by atoms with Crippen molar-refractivity contribution >= 4 is 33.9 Å². The highest BCUT2D eigenvalue weighted by molar-refractivity contribution is 6.30. The quantitative estimate of drug-likeness (QED) is 0.395. The molecule has 29 heavy (non-hydrogen) atoms. The predicted molar refractivity (Wildman–Crippen MR) is 122 cm³/mol. The van der Waals surface area contributed by atoms with Gasteiger partial charge in [-0.25, -0.2) is 0 Å². The largest absolute Gasteiger partial charge is 0.361 e. The van der Waals surface area contributed by atoms with Crippen molar-refractivity contribution in [2.24, 2.45) is 5.10 Å². The molecular weight excluding hydrogens is 378 g/mol. The van der Waals surface area contributed by atoms with Gasteiger partial charge in [0.05, 0.1) is 11.7 Å². The van der Waals surface area contributed by atoms with Crippen LogP contribution >= 0.6 is 11.6 Å². The monoisotopic (exact) mass is 399 g/mol. The minimum Gasteiger partial charge on any atom is -0.361 e. The van der Waals surface area contributed by atoms with Crippen molar-refractivity contribution in [2.45, 2.75) is 25.3 Å². The van der Waals surface area contributed by atoms with Crippen LogP contribution in [0.15, 0.2) is 90.2 Å². The number of fused-ring (bicyclic) bond motifs is 1. The Hall–Kier alpha value is -3.04. The fourth-order valence-corrected chi connectivity index (χ4v) is 4.23. The van der Waals surface area contributed by atoms with Crippen LogP contribution in [0.4, 0.5) is 5.69 Å². The molecule has 1 aromatic heterocycles. The molecule has 1 atom stereocenters. The van der Waals surface area contributed by atoms with E-state index in [1.54, 1.807) is 0 Å². The van der Waals surface area contributed by atoms with Crippen molar-refractivity contribution in [1.29, 1.82) is 0 Å². The Morgan fingerprint density at radius 3 is 2.48 bits per heavy atom. The Morgan fingerprint density at radius 2 is 1.66 bits per heavy atom. The van der Waals surface area contributed by atoms with E-state index in [0.29, 0.717) is 0 Å². The normalized spacial score (nSPS) is 16.4. The zero-order chi connectivity index (χ0) is 19.6. The highest BCUT2D eigenvalue weighted by Crippen LogP contribution is 2.36. The average molecular weight is 400 g/mol. The molecule has 0 aliphatic carbocycles. The molecule has 1 aliphatic rings. The molecule has 1 unspecified atom stereocenters. The Morgan fingerprint density at radius 1 is 0.897 bits per heavy atom. The lowest BCUT2D eigenvalue weighted by molar-refractivity contribution is 0.708. The summed E-state index contributed by atoms with van der Waals surface area (Å²) >= 11 is 6.11. The summed E-state index contributed by atoms with van der Waals surface area (Å²) in [5.41, 5.74) is 6.14. The minimum atomic E-state index is 0.202. The van der Waals surface area contributed by atoms with Gasteiger partial charge < -0.3 is 4.98 Å². The Labute approximate surface area is 175 Å². The molecule has 1 N–H and O–H groups in total. The maximum Gasteiger partial charge on any atom is 0.0828 e. The first-order chi connectivity index (χ1) is 14.3. The summed E-state index contributed by atoms with van der Waals surface area (Å²) in [4.78, 5) is 3.38. The Balaban J connectivity index is 1.40. The van der Waals surface area contributed by atoms with Crippen LogP contribution in [-0.4, -0.2) is 10.7 Å². The molecule has 4 heteroatoms. The van der Waals surface area contributed by atoms with Crippen molar-refractivity contribution in [3.8, 4) is 0 Å². The van der Waals surface area contributed by atoms with Crippen molar-refractivity contribution < 1.29 is 0 Å². The molecule has 0 saturated carbocycles. The van der Waals surface area contributed by atoms with E-state index in [-0.39, 0.29) is 6.04 Å². The van der Waals surface area contributed by atoms with E-state index in [0.717, 1.165) is 30.0 Å². The van der Waals surface area contributed by atoms with Gasteiger partial charge in [-0.3, -0.25) is 5.01 Å². The lowest BCUT2D eigenvalue weighted by Crippen LogP contribution is -2.18. The molecule has 0 radical (unpaired) electrons. The summed E-state index contributed by atoms with van der Waals surface area (Å²) in [6.07, 6.45) is 5.00. The van der Waals surface area contributed by atoms with Gasteiger partial charge >= 0.3 is 0 Å². The second-order valence-corrected chi connectivity index (χ2v) is 7.91. The minimum absolute atomic E-state index is 0.202. The van der Waals surface area contributed by atoms with Crippen molar-refractivity contribution in [1.82, 2.24) is 4.98 Å². The van der Waals surface area contributed by atoms with Crippen molar-refractivity contribution in [3.63, 3.8) is 0 Å². The number of H-pyrrole nitrogens is 1. The maximum absolute atomic E-state index is 6.11. The Bertz CT molecular complexity index is 1150. The number of benzene rings is 3. The summed E-state index contributed by atoms with van der Waals surface area (Å²) in [7, 11) is 0. The summed E-state index contributed by atoms with van der Waals surface area (Å²) in [5.74, 6) is 0. The number of aromatic nitrogens is 1. The van der Waals surface area contributed by atoms with Gasteiger partial charge in [0.25, 0.3) is 0 Å². The first-order valence-corrected chi connectivity index (χ1v) is 10.4. The van der Waals surface area contributed by atoms with E-state index in [4.69, 9.17) is 16.7 Å². The summed E-state index contributed by atoms with van der Waals surface area (Å²) in [6.45, 7) is 0. The molecule has 2 heterocycles. The van der Waals surface area contributed by atoms with Gasteiger partial charge in [0.2, 0.25) is 0 Å². The number of anilines is 1. The van der Waals surface area contributed by atoms with Crippen LogP contribution in [0.1, 0.15) is 30.0 Å². The fraction of sp³-hybridized carbons (Fsp3) is 0.160. The number of nitrogens with one attached hydrogen (secondary N) is 1. The van der Waals surface area contributed by atoms with Gasteiger partial charge in [-0.2, -0.15) is 5.10 Å². The molecule has 5 rings (SSSR count). The van der Waals surface area contributed by atoms with Crippen LogP contribution in [0.5, 0.6) is 0 Å². The van der Waals surface area contributed by atoms with E-state index in [1.807, 2.05) is 18.2 Å². The number of rotatable bonds is 5. The summed E-state index contributed by atoms with van der Waals surface area (Å²) in [5, 5.41) is 9.25. The molecule has 3 nitrogen and oxygen atoms in total. The van der Waals surface area contributed by atoms with Gasteiger partial charge in [0.15, 0.2) is 0 Å². The van der Waals surface area contributed by atoms with E-state index in [9.17, 15) is 0 Å². The molecule has 0 bridgehead atoms. The third-order valence-electron chi connectivity index (χ3n) is 5.61. The lowest BCUT2D eigenvalue weighted by atomic mass is 9.98. The maximum atomic E-state index is 6.11. The van der Waals surface area contributed by atoms with Crippen molar-refractivity contribution in [2.75, 3.05) is 5.01 Å². The molecule has 4 aromatic rings. The van der Waals surface area contributed by atoms with Gasteiger partial charge in [-0.15, -0.1) is 0 Å². The molecule has 0 fully saturated rings. The highest BCUT2D eigenvalue weighted by Gasteiger charge is 2.29. The molecule has 0 spiro atoms. The third kappa shape index (κ3) is 3.66. The highest BCUT2D eigenvalue weighted by atomic mass is 35.5. The van der Waals surface area contributed by atoms with Crippen LogP contribution in [-0.2, 0) is 6.42 Å². The summed E-state index contributed by atoms with van der Waals surface area (Å²) < 4.78 is 0. The van der Waals surface area contributed by atoms with Gasteiger partial charge in [0, 0.05) is 34.3 Å². The first-order valence-electron chi connectivity index (χ1n) is 9.99. The molecule has 1 aliphatic heterocycles. The number of hydrogen-bond acceptors (Lipinski definition) is 2. The van der Waals surface area contributed by atoms with E-state index < -0.39 is 0 Å². The smallest absolute Gasteiger partial charge is 0.0828 e. The van der Waals surface area contributed by atoms with Crippen LogP contribution in [0.2, 0.25) is 5.02 Å². The molecule has 0 saturated heterocycles. The number of nitrogens with zero attached hydrogens (tertiary/aromatic N) is 2. The number of hydrogen-bond donors (Lipinski definition) is 1. The fourth-order valence-electron chi connectivity index (χ4n) is 4.10. The van der Waals surface area contributed by atoms with Crippen LogP contribution < -0.4 is 5.01 Å². The second kappa shape index (κ2) is 7.76.